The highest BCUT2D eigenvalue weighted by molar-refractivity contribution is 5.80. The first-order valence-corrected chi connectivity index (χ1v) is 9.23. The molecule has 2 atom stereocenters. The van der Waals surface area contributed by atoms with Crippen molar-refractivity contribution in [2.75, 3.05) is 26.8 Å². The van der Waals surface area contributed by atoms with E-state index in [1.54, 1.807) is 7.11 Å². The standard InChI is InChI=1S/C17H31N7O/c1-12-9-14(11-24(12)15-5-6-15)20-17(18-7-8-25-4)19-10-16-22-21-13(2)23(16)3/h12,14-15H,5-11H2,1-4H3,(H2,18,19,20). The molecule has 0 spiro atoms. The lowest BCUT2D eigenvalue weighted by molar-refractivity contribution is 0.203. The number of aliphatic imine (C=N–C) groups is 1. The summed E-state index contributed by atoms with van der Waals surface area (Å²) in [7, 11) is 3.68. The largest absolute Gasteiger partial charge is 0.383 e. The van der Waals surface area contributed by atoms with Crippen LogP contribution in [0.2, 0.25) is 0 Å². The zero-order chi connectivity index (χ0) is 17.8. The van der Waals surface area contributed by atoms with Crippen LogP contribution < -0.4 is 10.6 Å². The summed E-state index contributed by atoms with van der Waals surface area (Å²) < 4.78 is 7.12. The van der Waals surface area contributed by atoms with Gasteiger partial charge in [0.15, 0.2) is 11.8 Å². The van der Waals surface area contributed by atoms with Gasteiger partial charge in [0.25, 0.3) is 0 Å². The monoisotopic (exact) mass is 349 g/mol. The predicted octanol–water partition coefficient (Wildman–Crippen LogP) is 0.430. The van der Waals surface area contributed by atoms with Gasteiger partial charge >= 0.3 is 0 Å². The number of hydrogen-bond donors (Lipinski definition) is 2. The summed E-state index contributed by atoms with van der Waals surface area (Å²) in [5.74, 6) is 2.59. The molecule has 1 saturated carbocycles. The number of rotatable bonds is 7. The second kappa shape index (κ2) is 8.14. The second-order valence-electron chi connectivity index (χ2n) is 7.16. The Balaban J connectivity index is 1.60. The van der Waals surface area contributed by atoms with Crippen molar-refractivity contribution in [1.29, 1.82) is 0 Å². The first-order valence-electron chi connectivity index (χ1n) is 9.23. The summed E-state index contributed by atoms with van der Waals surface area (Å²) >= 11 is 0. The fraction of sp³-hybridized carbons (Fsp3) is 0.824. The summed E-state index contributed by atoms with van der Waals surface area (Å²) in [6.45, 7) is 7.27. The summed E-state index contributed by atoms with van der Waals surface area (Å²) in [5, 5.41) is 15.2. The zero-order valence-corrected chi connectivity index (χ0v) is 15.8. The lowest BCUT2D eigenvalue weighted by atomic mass is 10.2. The van der Waals surface area contributed by atoms with E-state index in [1.165, 1.54) is 12.8 Å². The molecule has 1 aliphatic heterocycles. The minimum absolute atomic E-state index is 0.436. The molecule has 1 aliphatic carbocycles. The number of hydrogen-bond acceptors (Lipinski definition) is 5. The Morgan fingerprint density at radius 1 is 1.36 bits per heavy atom. The Hall–Kier alpha value is -1.67. The maximum atomic E-state index is 5.14. The molecule has 0 aromatic carbocycles. The van der Waals surface area contributed by atoms with Crippen molar-refractivity contribution in [3.63, 3.8) is 0 Å². The molecule has 3 rings (SSSR count). The van der Waals surface area contributed by atoms with Crippen LogP contribution in [0.4, 0.5) is 0 Å². The SMILES string of the molecule is COCCNC(=NCc1nnc(C)n1C)NC1CC(C)N(C2CC2)C1. The van der Waals surface area contributed by atoms with Crippen LogP contribution in [0.15, 0.2) is 4.99 Å². The van der Waals surface area contributed by atoms with Gasteiger partial charge in [-0.1, -0.05) is 0 Å². The van der Waals surface area contributed by atoms with Crippen LogP contribution in [0.25, 0.3) is 0 Å². The van der Waals surface area contributed by atoms with Gasteiger partial charge in [0.2, 0.25) is 0 Å². The van der Waals surface area contributed by atoms with Crippen LogP contribution in [-0.2, 0) is 18.3 Å². The molecule has 2 fully saturated rings. The molecule has 2 aliphatic rings. The molecule has 2 unspecified atom stereocenters. The van der Waals surface area contributed by atoms with Gasteiger partial charge in [-0.2, -0.15) is 0 Å². The average molecular weight is 349 g/mol. The Morgan fingerprint density at radius 3 is 2.80 bits per heavy atom. The van der Waals surface area contributed by atoms with Crippen molar-refractivity contribution in [1.82, 2.24) is 30.3 Å². The van der Waals surface area contributed by atoms with E-state index in [1.807, 2.05) is 18.5 Å². The van der Waals surface area contributed by atoms with Gasteiger partial charge in [-0.05, 0) is 33.1 Å². The summed E-state index contributed by atoms with van der Waals surface area (Å²) in [6.07, 6.45) is 3.87. The number of aromatic nitrogens is 3. The molecule has 2 heterocycles. The molecular formula is C17H31N7O. The minimum atomic E-state index is 0.436. The van der Waals surface area contributed by atoms with Gasteiger partial charge in [0, 0.05) is 45.4 Å². The topological polar surface area (TPSA) is 79.6 Å². The zero-order valence-electron chi connectivity index (χ0n) is 15.8. The first-order chi connectivity index (χ1) is 12.1. The molecule has 1 aromatic rings. The van der Waals surface area contributed by atoms with E-state index in [0.717, 1.165) is 43.2 Å². The van der Waals surface area contributed by atoms with Crippen LogP contribution in [-0.4, -0.2) is 70.6 Å². The van der Waals surface area contributed by atoms with Gasteiger partial charge in [-0.25, -0.2) is 4.99 Å². The molecule has 140 valence electrons. The third-order valence-electron chi connectivity index (χ3n) is 5.14. The third-order valence-corrected chi connectivity index (χ3v) is 5.14. The van der Waals surface area contributed by atoms with Gasteiger partial charge in [-0.15, -0.1) is 10.2 Å². The van der Waals surface area contributed by atoms with Crippen molar-refractivity contribution in [2.24, 2.45) is 12.0 Å². The number of aryl methyl sites for hydroxylation is 1. The lowest BCUT2D eigenvalue weighted by Gasteiger charge is -2.20. The summed E-state index contributed by atoms with van der Waals surface area (Å²) in [4.78, 5) is 7.35. The van der Waals surface area contributed by atoms with Gasteiger partial charge in [0.1, 0.15) is 12.4 Å². The molecule has 0 bridgehead atoms. The maximum Gasteiger partial charge on any atom is 0.192 e. The number of nitrogens with zero attached hydrogens (tertiary/aromatic N) is 5. The Bertz CT molecular complexity index is 596. The van der Waals surface area contributed by atoms with Crippen molar-refractivity contribution < 1.29 is 4.74 Å². The molecule has 1 aromatic heterocycles. The first kappa shape index (κ1) is 18.1. The minimum Gasteiger partial charge on any atom is -0.383 e. The fourth-order valence-corrected chi connectivity index (χ4v) is 3.43. The Labute approximate surface area is 150 Å². The van der Waals surface area contributed by atoms with E-state index in [-0.39, 0.29) is 0 Å². The van der Waals surface area contributed by atoms with Crippen LogP contribution in [0, 0.1) is 6.92 Å². The number of ether oxygens (including phenoxy) is 1. The molecule has 2 N–H and O–H groups in total. The second-order valence-corrected chi connectivity index (χ2v) is 7.16. The molecular weight excluding hydrogens is 318 g/mol. The van der Waals surface area contributed by atoms with E-state index in [4.69, 9.17) is 9.73 Å². The number of nitrogens with one attached hydrogen (secondary N) is 2. The van der Waals surface area contributed by atoms with Crippen LogP contribution >= 0.6 is 0 Å². The van der Waals surface area contributed by atoms with Crippen molar-refractivity contribution >= 4 is 5.96 Å². The van der Waals surface area contributed by atoms with E-state index >= 15 is 0 Å². The van der Waals surface area contributed by atoms with Gasteiger partial charge in [0.05, 0.1) is 6.61 Å². The van der Waals surface area contributed by atoms with Crippen LogP contribution in [0.1, 0.15) is 37.8 Å². The fourth-order valence-electron chi connectivity index (χ4n) is 3.43. The van der Waals surface area contributed by atoms with Crippen LogP contribution in [0.5, 0.6) is 0 Å². The van der Waals surface area contributed by atoms with E-state index < -0.39 is 0 Å². The normalized spacial score (nSPS) is 24.7. The van der Waals surface area contributed by atoms with E-state index in [0.29, 0.717) is 25.2 Å². The molecule has 0 amide bonds. The molecule has 8 nitrogen and oxygen atoms in total. The average Bonchev–Trinajstić information content (AvgIpc) is 3.30. The van der Waals surface area contributed by atoms with Gasteiger partial charge < -0.3 is 19.9 Å². The van der Waals surface area contributed by atoms with Gasteiger partial charge in [-0.3, -0.25) is 4.90 Å². The summed E-state index contributed by atoms with van der Waals surface area (Å²) in [6, 6.07) is 1.89. The predicted molar refractivity (Wildman–Crippen MR) is 97.5 cm³/mol. The Morgan fingerprint density at radius 2 is 2.16 bits per heavy atom. The molecule has 8 heteroatoms. The highest BCUT2D eigenvalue weighted by atomic mass is 16.5. The van der Waals surface area contributed by atoms with E-state index in [9.17, 15) is 0 Å². The van der Waals surface area contributed by atoms with Crippen LogP contribution in [0.3, 0.4) is 0 Å². The number of methoxy groups -OCH3 is 1. The number of guanidine groups is 1. The quantitative estimate of drug-likeness (QED) is 0.422. The summed E-state index contributed by atoms with van der Waals surface area (Å²) in [5.41, 5.74) is 0. The molecule has 25 heavy (non-hydrogen) atoms. The lowest BCUT2D eigenvalue weighted by Crippen LogP contribution is -2.45. The Kier molecular flexibility index (Phi) is 5.90. The molecule has 0 radical (unpaired) electrons. The van der Waals surface area contributed by atoms with Crippen molar-refractivity contribution in [3.05, 3.63) is 11.6 Å². The van der Waals surface area contributed by atoms with Crippen molar-refractivity contribution in [3.8, 4) is 0 Å². The highest BCUT2D eigenvalue weighted by Crippen LogP contribution is 2.33. The van der Waals surface area contributed by atoms with E-state index in [2.05, 4.69) is 32.7 Å². The smallest absolute Gasteiger partial charge is 0.192 e. The molecule has 1 saturated heterocycles. The maximum absolute atomic E-state index is 5.14. The van der Waals surface area contributed by atoms with Crippen molar-refractivity contribution in [2.45, 2.75) is 57.8 Å². The highest BCUT2D eigenvalue weighted by Gasteiger charge is 2.38. The number of likely N-dealkylation sites (tertiary alicyclic amines) is 1. The third kappa shape index (κ3) is 4.70.